The topological polar surface area (TPSA) is 77.7 Å². The first-order valence-corrected chi connectivity index (χ1v) is 11.7. The second kappa shape index (κ2) is 8.85. The van der Waals surface area contributed by atoms with E-state index in [0.717, 1.165) is 47.8 Å². The summed E-state index contributed by atoms with van der Waals surface area (Å²) < 4.78 is 5.58. The van der Waals surface area contributed by atoms with E-state index in [-0.39, 0.29) is 11.9 Å². The Morgan fingerprint density at radius 2 is 2.06 bits per heavy atom. The molecule has 1 N–H and O–H groups in total. The van der Waals surface area contributed by atoms with Crippen molar-refractivity contribution in [1.29, 1.82) is 0 Å². The fourth-order valence-electron chi connectivity index (χ4n) is 4.22. The molecule has 2 aliphatic heterocycles. The molecule has 0 atom stereocenters. The molecule has 9 heteroatoms. The highest BCUT2D eigenvalue weighted by Gasteiger charge is 2.33. The zero-order chi connectivity index (χ0) is 22.1. The van der Waals surface area contributed by atoms with E-state index in [9.17, 15) is 4.79 Å². The number of likely N-dealkylation sites (tertiary alicyclic amines) is 1. The standard InChI is InChI=1S/C23H26N6O2S/c1-16-25-26-22(31-16)17-5-3-6-19(13-17)28-15-20(14-24-28)29(18-8-10-27(2)11-9-18)23(30)21-7-4-12-32-21/h3-7,12-13,15,18,24H,8-11,14H2,1-2H3. The van der Waals surface area contributed by atoms with Crippen molar-refractivity contribution in [2.45, 2.75) is 25.8 Å². The van der Waals surface area contributed by atoms with Crippen LogP contribution in [0, 0.1) is 6.92 Å². The normalized spacial score (nSPS) is 17.6. The fourth-order valence-corrected chi connectivity index (χ4v) is 4.88. The van der Waals surface area contributed by atoms with E-state index in [4.69, 9.17) is 4.42 Å². The molecule has 0 saturated carbocycles. The zero-order valence-electron chi connectivity index (χ0n) is 18.2. The quantitative estimate of drug-likeness (QED) is 0.637. The molecule has 4 heterocycles. The molecule has 8 nitrogen and oxygen atoms in total. The summed E-state index contributed by atoms with van der Waals surface area (Å²) in [5, 5.41) is 12.0. The predicted octanol–water partition coefficient (Wildman–Crippen LogP) is 3.51. The lowest BCUT2D eigenvalue weighted by molar-refractivity contribution is 0.0680. The zero-order valence-corrected chi connectivity index (χ0v) is 19.0. The minimum absolute atomic E-state index is 0.0829. The molecule has 3 aromatic rings. The monoisotopic (exact) mass is 450 g/mol. The fraction of sp³-hybridized carbons (Fsp3) is 0.348. The van der Waals surface area contributed by atoms with E-state index in [0.29, 0.717) is 18.3 Å². The molecule has 32 heavy (non-hydrogen) atoms. The number of hydrazine groups is 1. The molecular formula is C23H26N6O2S. The van der Waals surface area contributed by atoms with Gasteiger partial charge in [-0.3, -0.25) is 9.80 Å². The Hall–Kier alpha value is -3.01. The van der Waals surface area contributed by atoms with Crippen LogP contribution in [0.5, 0.6) is 0 Å². The summed E-state index contributed by atoms with van der Waals surface area (Å²) in [6.45, 7) is 4.36. The number of carbonyl (C=O) groups is 1. The van der Waals surface area contributed by atoms with E-state index in [2.05, 4.69) is 27.6 Å². The van der Waals surface area contributed by atoms with Crippen LogP contribution in [0.3, 0.4) is 0 Å². The smallest absolute Gasteiger partial charge is 0.268 e. The van der Waals surface area contributed by atoms with Gasteiger partial charge in [0.2, 0.25) is 11.8 Å². The lowest BCUT2D eigenvalue weighted by Gasteiger charge is -2.37. The maximum atomic E-state index is 13.5. The van der Waals surface area contributed by atoms with Crippen LogP contribution in [0.15, 0.2) is 58.1 Å². The Morgan fingerprint density at radius 1 is 1.22 bits per heavy atom. The van der Waals surface area contributed by atoms with E-state index in [1.165, 1.54) is 11.3 Å². The molecule has 0 spiro atoms. The summed E-state index contributed by atoms with van der Waals surface area (Å²) in [5.41, 5.74) is 6.19. The first kappa shape index (κ1) is 20.9. The minimum Gasteiger partial charge on any atom is -0.421 e. The van der Waals surface area contributed by atoms with Crippen LogP contribution in [0.2, 0.25) is 0 Å². The third-order valence-electron chi connectivity index (χ3n) is 5.92. The van der Waals surface area contributed by atoms with Crippen molar-refractivity contribution < 1.29 is 9.21 Å². The van der Waals surface area contributed by atoms with E-state index < -0.39 is 0 Å². The van der Waals surface area contributed by atoms with Gasteiger partial charge < -0.3 is 14.2 Å². The molecule has 1 aromatic carbocycles. The second-order valence-corrected chi connectivity index (χ2v) is 9.14. The van der Waals surface area contributed by atoms with Crippen LogP contribution in [0.1, 0.15) is 28.4 Å². The number of nitrogens with zero attached hydrogens (tertiary/aromatic N) is 5. The lowest BCUT2D eigenvalue weighted by Crippen LogP contribution is -2.46. The first-order valence-electron chi connectivity index (χ1n) is 10.8. The van der Waals surface area contributed by atoms with Gasteiger partial charge in [-0.25, -0.2) is 5.43 Å². The van der Waals surface area contributed by atoms with Crippen molar-refractivity contribution >= 4 is 22.9 Å². The van der Waals surface area contributed by atoms with Crippen LogP contribution in [-0.2, 0) is 0 Å². The third-order valence-corrected chi connectivity index (χ3v) is 6.78. The number of hydrogen-bond acceptors (Lipinski definition) is 8. The summed E-state index contributed by atoms with van der Waals surface area (Å²) in [5.74, 6) is 1.11. The van der Waals surface area contributed by atoms with Crippen LogP contribution in [0.25, 0.3) is 11.5 Å². The number of rotatable bonds is 5. The summed E-state index contributed by atoms with van der Waals surface area (Å²) in [6, 6.07) is 12.0. The third kappa shape index (κ3) is 4.19. The van der Waals surface area contributed by atoms with E-state index >= 15 is 0 Å². The highest BCUT2D eigenvalue weighted by atomic mass is 32.1. The van der Waals surface area contributed by atoms with Gasteiger partial charge in [0.1, 0.15) is 0 Å². The van der Waals surface area contributed by atoms with E-state index in [1.54, 1.807) is 6.92 Å². The van der Waals surface area contributed by atoms with Gasteiger partial charge in [0, 0.05) is 24.7 Å². The maximum absolute atomic E-state index is 13.5. The SMILES string of the molecule is Cc1nnc(-c2cccc(N3C=C(N(C(=O)c4cccs4)C4CCN(C)CC4)CN3)c2)o1. The Kier molecular flexibility index (Phi) is 5.77. The second-order valence-electron chi connectivity index (χ2n) is 8.19. The average molecular weight is 451 g/mol. The average Bonchev–Trinajstić information content (AvgIpc) is 3.57. The van der Waals surface area contributed by atoms with Gasteiger partial charge >= 0.3 is 0 Å². The maximum Gasteiger partial charge on any atom is 0.268 e. The summed E-state index contributed by atoms with van der Waals surface area (Å²) in [4.78, 5) is 18.6. The van der Waals surface area contributed by atoms with Gasteiger partial charge in [0.15, 0.2) is 0 Å². The molecule has 0 radical (unpaired) electrons. The van der Waals surface area contributed by atoms with Crippen LogP contribution >= 0.6 is 11.3 Å². The molecule has 166 valence electrons. The number of nitrogens with one attached hydrogen (secondary N) is 1. The predicted molar refractivity (Wildman–Crippen MR) is 124 cm³/mol. The van der Waals surface area contributed by atoms with E-state index in [1.807, 2.05) is 57.9 Å². The minimum atomic E-state index is 0.0829. The molecule has 0 unspecified atom stereocenters. The molecule has 5 rings (SSSR count). The van der Waals surface area contributed by atoms with Crippen LogP contribution < -0.4 is 10.4 Å². The van der Waals surface area contributed by atoms with Crippen molar-refractivity contribution in [3.8, 4) is 11.5 Å². The number of carbonyl (C=O) groups excluding carboxylic acids is 1. The Balaban J connectivity index is 1.43. The number of piperidine rings is 1. The van der Waals surface area contributed by atoms with Gasteiger partial charge in [-0.1, -0.05) is 12.1 Å². The van der Waals surface area contributed by atoms with Crippen molar-refractivity contribution in [2.24, 2.45) is 0 Å². The number of benzene rings is 1. The van der Waals surface area contributed by atoms with Crippen molar-refractivity contribution in [3.63, 3.8) is 0 Å². The van der Waals surface area contributed by atoms with Crippen molar-refractivity contribution in [1.82, 2.24) is 25.4 Å². The van der Waals surface area contributed by atoms with Crippen molar-refractivity contribution in [3.05, 3.63) is 64.4 Å². The molecule has 1 fully saturated rings. The van der Waals surface area contributed by atoms with Gasteiger partial charge in [-0.2, -0.15) is 0 Å². The van der Waals surface area contributed by atoms with Crippen LogP contribution in [0.4, 0.5) is 5.69 Å². The molecule has 0 bridgehead atoms. The van der Waals surface area contributed by atoms with Gasteiger partial charge in [-0.15, -0.1) is 21.5 Å². The number of aromatic nitrogens is 2. The molecule has 2 aromatic heterocycles. The molecular weight excluding hydrogens is 424 g/mol. The Morgan fingerprint density at radius 3 is 2.78 bits per heavy atom. The summed E-state index contributed by atoms with van der Waals surface area (Å²) in [7, 11) is 2.14. The summed E-state index contributed by atoms with van der Waals surface area (Å²) in [6.07, 6.45) is 3.97. The molecule has 0 aliphatic carbocycles. The number of thiophene rings is 1. The Bertz CT molecular complexity index is 1120. The number of aryl methyl sites for hydroxylation is 1. The molecule has 2 aliphatic rings. The van der Waals surface area contributed by atoms with Crippen LogP contribution in [-0.4, -0.2) is 58.6 Å². The lowest BCUT2D eigenvalue weighted by atomic mass is 10.0. The van der Waals surface area contributed by atoms with Gasteiger partial charge in [0.05, 0.1) is 22.8 Å². The van der Waals surface area contributed by atoms with Crippen molar-refractivity contribution in [2.75, 3.05) is 31.7 Å². The molecule has 1 amide bonds. The summed E-state index contributed by atoms with van der Waals surface area (Å²) >= 11 is 1.50. The first-order chi connectivity index (χ1) is 15.6. The highest BCUT2D eigenvalue weighted by Crippen LogP contribution is 2.29. The van der Waals surface area contributed by atoms with Gasteiger partial charge in [-0.05, 0) is 62.6 Å². The largest absolute Gasteiger partial charge is 0.421 e. The van der Waals surface area contributed by atoms with Gasteiger partial charge in [0.25, 0.3) is 5.91 Å². The highest BCUT2D eigenvalue weighted by molar-refractivity contribution is 7.12. The number of anilines is 1. The molecule has 1 saturated heterocycles. The Labute approximate surface area is 191 Å². The number of amides is 1. The number of hydrogen-bond donors (Lipinski definition) is 1.